The summed E-state index contributed by atoms with van der Waals surface area (Å²) >= 11 is 7.63. The van der Waals surface area contributed by atoms with Gasteiger partial charge in [0.25, 0.3) is 5.91 Å². The highest BCUT2D eigenvalue weighted by Crippen LogP contribution is 2.39. The van der Waals surface area contributed by atoms with E-state index in [0.29, 0.717) is 23.7 Å². The van der Waals surface area contributed by atoms with Crippen LogP contribution in [0.15, 0.2) is 29.6 Å². The summed E-state index contributed by atoms with van der Waals surface area (Å²) in [6, 6.07) is 7.79. The van der Waals surface area contributed by atoms with Crippen molar-refractivity contribution in [1.29, 1.82) is 0 Å². The summed E-state index contributed by atoms with van der Waals surface area (Å²) in [4.78, 5) is 17.0. The monoisotopic (exact) mass is 385 g/mol. The maximum absolute atomic E-state index is 12.7. The number of aromatic nitrogens is 1. The highest BCUT2D eigenvalue weighted by molar-refractivity contribution is 7.09. The molecule has 4 nitrogen and oxygen atoms in total. The molecule has 24 heavy (non-hydrogen) atoms. The van der Waals surface area contributed by atoms with Gasteiger partial charge in [-0.25, -0.2) is 4.98 Å². The molecule has 0 aliphatic heterocycles. The van der Waals surface area contributed by atoms with Crippen molar-refractivity contribution in [3.05, 3.63) is 50.9 Å². The molecule has 1 amide bonds. The van der Waals surface area contributed by atoms with E-state index in [2.05, 4.69) is 10.3 Å². The van der Waals surface area contributed by atoms with Crippen molar-refractivity contribution in [2.24, 2.45) is 5.73 Å². The van der Waals surface area contributed by atoms with Crippen molar-refractivity contribution in [2.45, 2.75) is 37.6 Å². The lowest BCUT2D eigenvalue weighted by molar-refractivity contribution is 0.0893. The van der Waals surface area contributed by atoms with Crippen LogP contribution in [0.5, 0.6) is 0 Å². The fourth-order valence-corrected chi connectivity index (χ4v) is 4.17. The van der Waals surface area contributed by atoms with Crippen LogP contribution in [0.2, 0.25) is 5.02 Å². The summed E-state index contributed by atoms with van der Waals surface area (Å²) < 4.78 is 0. The zero-order valence-electron chi connectivity index (χ0n) is 13.3. The van der Waals surface area contributed by atoms with Crippen molar-refractivity contribution in [3.8, 4) is 0 Å². The van der Waals surface area contributed by atoms with Crippen molar-refractivity contribution in [2.75, 3.05) is 6.54 Å². The number of carbonyl (C=O) groups excluding carboxylic acids is 1. The van der Waals surface area contributed by atoms with E-state index in [9.17, 15) is 4.79 Å². The Morgan fingerprint density at radius 2 is 2.12 bits per heavy atom. The number of carbonyl (C=O) groups is 1. The van der Waals surface area contributed by atoms with Crippen LogP contribution in [-0.4, -0.2) is 17.4 Å². The fraction of sp³-hybridized carbons (Fsp3) is 0.412. The molecule has 0 atom stereocenters. The maximum atomic E-state index is 12.7. The number of hydrogen-bond acceptors (Lipinski definition) is 4. The molecule has 0 saturated heterocycles. The Hall–Kier alpha value is -1.14. The van der Waals surface area contributed by atoms with Crippen LogP contribution in [0.1, 0.15) is 46.7 Å². The first-order valence-corrected chi connectivity index (χ1v) is 9.12. The van der Waals surface area contributed by atoms with Gasteiger partial charge >= 0.3 is 0 Å². The Morgan fingerprint density at radius 3 is 2.79 bits per heavy atom. The SMILES string of the molecule is Cl.NCCc1nc(C(=O)NC2(c3cccc(Cl)c3)CCCC2)cs1. The van der Waals surface area contributed by atoms with E-state index in [1.807, 2.05) is 24.3 Å². The summed E-state index contributed by atoms with van der Waals surface area (Å²) in [5.41, 5.74) is 6.76. The lowest BCUT2D eigenvalue weighted by Crippen LogP contribution is -2.44. The van der Waals surface area contributed by atoms with Crippen LogP contribution < -0.4 is 11.1 Å². The largest absolute Gasteiger partial charge is 0.341 e. The summed E-state index contributed by atoms with van der Waals surface area (Å²) in [6.45, 7) is 0.543. The summed E-state index contributed by atoms with van der Waals surface area (Å²) in [7, 11) is 0. The van der Waals surface area contributed by atoms with Crippen molar-refractivity contribution in [1.82, 2.24) is 10.3 Å². The van der Waals surface area contributed by atoms with Crippen LogP contribution in [0.3, 0.4) is 0 Å². The number of benzene rings is 1. The zero-order valence-corrected chi connectivity index (χ0v) is 15.6. The molecule has 2 aromatic rings. The third-order valence-electron chi connectivity index (χ3n) is 4.33. The van der Waals surface area contributed by atoms with Crippen LogP contribution >= 0.6 is 35.3 Å². The van der Waals surface area contributed by atoms with Gasteiger partial charge in [-0.3, -0.25) is 4.79 Å². The minimum absolute atomic E-state index is 0. The smallest absolute Gasteiger partial charge is 0.271 e. The first-order chi connectivity index (χ1) is 11.1. The second kappa shape index (κ2) is 8.30. The molecule has 1 aromatic carbocycles. The molecule has 0 bridgehead atoms. The number of rotatable bonds is 5. The third-order valence-corrected chi connectivity index (χ3v) is 5.47. The highest BCUT2D eigenvalue weighted by atomic mass is 35.5. The minimum atomic E-state index is -0.334. The Balaban J connectivity index is 0.00000208. The van der Waals surface area contributed by atoms with E-state index < -0.39 is 0 Å². The normalized spacial score (nSPS) is 15.8. The Labute approximate surface area is 157 Å². The van der Waals surface area contributed by atoms with E-state index in [0.717, 1.165) is 36.3 Å². The van der Waals surface area contributed by atoms with Crippen LogP contribution in [0.4, 0.5) is 0 Å². The topological polar surface area (TPSA) is 68.0 Å². The third kappa shape index (κ3) is 4.09. The molecule has 0 unspecified atom stereocenters. The Bertz CT molecular complexity index is 699. The lowest BCUT2D eigenvalue weighted by Gasteiger charge is -2.31. The number of hydrogen-bond donors (Lipinski definition) is 2. The van der Waals surface area contributed by atoms with E-state index in [1.54, 1.807) is 5.38 Å². The average Bonchev–Trinajstić information content (AvgIpc) is 3.18. The van der Waals surface area contributed by atoms with Crippen molar-refractivity contribution < 1.29 is 4.79 Å². The van der Waals surface area contributed by atoms with Gasteiger partial charge in [0, 0.05) is 16.8 Å². The van der Waals surface area contributed by atoms with Gasteiger partial charge < -0.3 is 11.1 Å². The van der Waals surface area contributed by atoms with Gasteiger partial charge in [0.15, 0.2) is 0 Å². The predicted molar refractivity (Wildman–Crippen MR) is 101 cm³/mol. The van der Waals surface area contributed by atoms with Crippen LogP contribution in [0, 0.1) is 0 Å². The first kappa shape index (κ1) is 19.2. The number of thiazole rings is 1. The van der Waals surface area contributed by atoms with Gasteiger partial charge in [-0.2, -0.15) is 0 Å². The van der Waals surface area contributed by atoms with Gasteiger partial charge in [-0.05, 0) is 37.1 Å². The lowest BCUT2D eigenvalue weighted by atomic mass is 9.88. The molecule has 1 aliphatic rings. The van der Waals surface area contributed by atoms with Crippen LogP contribution in [-0.2, 0) is 12.0 Å². The molecule has 0 radical (unpaired) electrons. The average molecular weight is 386 g/mol. The van der Waals surface area contributed by atoms with Crippen molar-refractivity contribution in [3.63, 3.8) is 0 Å². The maximum Gasteiger partial charge on any atom is 0.271 e. The summed E-state index contributed by atoms with van der Waals surface area (Å²) in [6.07, 6.45) is 4.76. The van der Waals surface area contributed by atoms with Gasteiger partial charge in [-0.1, -0.05) is 36.6 Å². The molecule has 7 heteroatoms. The predicted octanol–water partition coefficient (Wildman–Crippen LogP) is 3.92. The second-order valence-electron chi connectivity index (χ2n) is 5.92. The highest BCUT2D eigenvalue weighted by Gasteiger charge is 2.37. The molecule has 1 fully saturated rings. The second-order valence-corrected chi connectivity index (χ2v) is 7.30. The van der Waals surface area contributed by atoms with Gasteiger partial charge in [-0.15, -0.1) is 23.7 Å². The quantitative estimate of drug-likeness (QED) is 0.819. The van der Waals surface area contributed by atoms with E-state index in [4.69, 9.17) is 17.3 Å². The summed E-state index contributed by atoms with van der Waals surface area (Å²) in [5.74, 6) is -0.119. The standard InChI is InChI=1S/C17H20ClN3OS.ClH/c18-13-5-3-4-12(10-13)17(7-1-2-8-17)21-16(22)14-11-23-15(20-14)6-9-19;/h3-5,10-11H,1-2,6-9,19H2,(H,21,22);1H. The van der Waals surface area contributed by atoms with Gasteiger partial charge in [0.2, 0.25) is 0 Å². The molecule has 1 heterocycles. The minimum Gasteiger partial charge on any atom is -0.341 e. The van der Waals surface area contributed by atoms with Gasteiger partial charge in [0.05, 0.1) is 10.5 Å². The van der Waals surface area contributed by atoms with E-state index >= 15 is 0 Å². The molecule has 1 aliphatic carbocycles. The number of amides is 1. The molecule has 1 aromatic heterocycles. The summed E-state index contributed by atoms with van der Waals surface area (Å²) in [5, 5.41) is 6.63. The molecule has 130 valence electrons. The molecule has 3 rings (SSSR count). The Kier molecular flexibility index (Phi) is 6.63. The fourth-order valence-electron chi connectivity index (χ4n) is 3.19. The molecule has 1 saturated carbocycles. The zero-order chi connectivity index (χ0) is 16.3. The van der Waals surface area contributed by atoms with Gasteiger partial charge in [0.1, 0.15) is 5.69 Å². The van der Waals surface area contributed by atoms with E-state index in [1.165, 1.54) is 11.3 Å². The van der Waals surface area contributed by atoms with Crippen LogP contribution in [0.25, 0.3) is 0 Å². The molecular weight excluding hydrogens is 365 g/mol. The number of nitrogens with one attached hydrogen (secondary N) is 1. The number of nitrogens with zero attached hydrogens (tertiary/aromatic N) is 1. The van der Waals surface area contributed by atoms with E-state index in [-0.39, 0.29) is 23.9 Å². The number of halogens is 2. The molecule has 0 spiro atoms. The molecular formula is C17H21Cl2N3OS. The van der Waals surface area contributed by atoms with Crippen molar-refractivity contribution >= 4 is 41.3 Å². The Morgan fingerprint density at radius 1 is 1.38 bits per heavy atom. The molecule has 3 N–H and O–H groups in total. The number of nitrogens with two attached hydrogens (primary N) is 1. The first-order valence-electron chi connectivity index (χ1n) is 7.86.